The van der Waals surface area contributed by atoms with Crippen molar-refractivity contribution in [1.29, 1.82) is 0 Å². The summed E-state index contributed by atoms with van der Waals surface area (Å²) in [6.07, 6.45) is 5.50. The molecule has 1 fully saturated rings. The number of aromatic nitrogens is 4. The normalized spacial score (nSPS) is 19.3. The molecule has 7 heteroatoms. The Balaban J connectivity index is 1.25. The van der Waals surface area contributed by atoms with E-state index in [1.165, 1.54) is 31.5 Å². The zero-order valence-electron chi connectivity index (χ0n) is 18.2. The average Bonchev–Trinajstić information content (AvgIpc) is 3.30. The van der Waals surface area contributed by atoms with Crippen LogP contribution in [-0.4, -0.2) is 51.2 Å². The van der Waals surface area contributed by atoms with Gasteiger partial charge in [-0.05, 0) is 90.5 Å². The van der Waals surface area contributed by atoms with E-state index in [1.807, 2.05) is 36.4 Å². The lowest BCUT2D eigenvalue weighted by atomic mass is 9.83. The van der Waals surface area contributed by atoms with Gasteiger partial charge in [0, 0.05) is 12.2 Å². The third-order valence-corrected chi connectivity index (χ3v) is 6.24. The largest absolute Gasteiger partial charge is 0.326 e. The first-order valence-corrected chi connectivity index (χ1v) is 11.0. The van der Waals surface area contributed by atoms with Crippen LogP contribution in [-0.2, 0) is 17.6 Å². The minimum atomic E-state index is -0.0249. The van der Waals surface area contributed by atoms with Crippen LogP contribution in [0, 0.1) is 11.8 Å². The first-order chi connectivity index (χ1) is 15.1. The summed E-state index contributed by atoms with van der Waals surface area (Å²) in [5, 5.41) is 14.1. The number of nitrogens with one attached hydrogen (secondary N) is 1. The van der Waals surface area contributed by atoms with Crippen LogP contribution in [0.1, 0.15) is 30.9 Å². The number of benzene rings is 2. The van der Waals surface area contributed by atoms with Crippen molar-refractivity contribution in [3.8, 4) is 5.69 Å². The molecule has 162 valence electrons. The number of likely N-dealkylation sites (tertiary alicyclic amines) is 1. The molecule has 1 aliphatic rings. The molecule has 0 radical (unpaired) electrons. The van der Waals surface area contributed by atoms with E-state index in [-0.39, 0.29) is 5.91 Å². The van der Waals surface area contributed by atoms with Crippen molar-refractivity contribution in [3.63, 3.8) is 0 Å². The van der Waals surface area contributed by atoms with Gasteiger partial charge in [-0.1, -0.05) is 31.2 Å². The molecule has 3 aromatic rings. The molecule has 1 amide bonds. The maximum Gasteiger partial charge on any atom is 0.228 e. The van der Waals surface area contributed by atoms with Gasteiger partial charge >= 0.3 is 0 Å². The molecule has 0 bridgehead atoms. The second kappa shape index (κ2) is 9.83. The van der Waals surface area contributed by atoms with Gasteiger partial charge < -0.3 is 10.2 Å². The number of hydrogen-bond acceptors (Lipinski definition) is 5. The topological polar surface area (TPSA) is 75.9 Å². The molecule has 7 nitrogen and oxygen atoms in total. The van der Waals surface area contributed by atoms with Crippen molar-refractivity contribution >= 4 is 11.6 Å². The Morgan fingerprint density at radius 3 is 2.52 bits per heavy atom. The number of anilines is 1. The molecule has 1 saturated heterocycles. The predicted octanol–water partition coefficient (Wildman–Crippen LogP) is 3.36. The van der Waals surface area contributed by atoms with E-state index in [1.54, 1.807) is 11.0 Å². The summed E-state index contributed by atoms with van der Waals surface area (Å²) in [4.78, 5) is 14.9. The predicted molar refractivity (Wildman–Crippen MR) is 121 cm³/mol. The first kappa shape index (κ1) is 21.2. The summed E-state index contributed by atoms with van der Waals surface area (Å²) in [5.41, 5.74) is 3.98. The van der Waals surface area contributed by atoms with Crippen LogP contribution in [0.3, 0.4) is 0 Å². The summed E-state index contributed by atoms with van der Waals surface area (Å²) in [6, 6.07) is 15.9. The van der Waals surface area contributed by atoms with E-state index in [9.17, 15) is 4.79 Å². The minimum Gasteiger partial charge on any atom is -0.326 e. The molecule has 0 saturated carbocycles. The van der Waals surface area contributed by atoms with Crippen LogP contribution >= 0.6 is 0 Å². The van der Waals surface area contributed by atoms with E-state index >= 15 is 0 Å². The second-order valence-corrected chi connectivity index (χ2v) is 8.67. The quantitative estimate of drug-likeness (QED) is 0.637. The number of amides is 1. The van der Waals surface area contributed by atoms with Gasteiger partial charge in [-0.3, -0.25) is 4.79 Å². The van der Waals surface area contributed by atoms with Crippen molar-refractivity contribution in [2.45, 2.75) is 32.6 Å². The Bertz CT molecular complexity index is 968. The highest BCUT2D eigenvalue weighted by molar-refractivity contribution is 5.92. The van der Waals surface area contributed by atoms with Crippen molar-refractivity contribution < 1.29 is 4.79 Å². The van der Waals surface area contributed by atoms with Crippen LogP contribution in [0.2, 0.25) is 0 Å². The highest BCUT2D eigenvalue weighted by Gasteiger charge is 2.23. The van der Waals surface area contributed by atoms with E-state index in [4.69, 9.17) is 0 Å². The number of carbonyl (C=O) groups excluding carboxylic acids is 1. The number of aryl methyl sites for hydroxylation is 1. The second-order valence-electron chi connectivity index (χ2n) is 8.67. The third-order valence-electron chi connectivity index (χ3n) is 6.24. The standard InChI is InChI=1S/C24H30N6O/c1-18-16-29(2)14-13-21(18)8-3-19-4-9-22(10-5-19)26-24(31)15-20-6-11-23(12-7-20)30-17-25-27-28-30/h4-7,9-12,17-18,21H,3,8,13-16H2,1-2H3,(H,26,31)/t18-,21+/m0/s1. The van der Waals surface area contributed by atoms with Gasteiger partial charge in [0.05, 0.1) is 12.1 Å². The molecular formula is C24H30N6O. The summed E-state index contributed by atoms with van der Waals surface area (Å²) < 4.78 is 1.58. The Kier molecular flexibility index (Phi) is 6.72. The lowest BCUT2D eigenvalue weighted by molar-refractivity contribution is -0.115. The monoisotopic (exact) mass is 418 g/mol. The van der Waals surface area contributed by atoms with Crippen LogP contribution < -0.4 is 5.32 Å². The third kappa shape index (κ3) is 5.76. The molecule has 1 aliphatic heterocycles. The van der Waals surface area contributed by atoms with Crippen LogP contribution in [0.4, 0.5) is 5.69 Å². The molecule has 2 atom stereocenters. The molecule has 2 aromatic carbocycles. The minimum absolute atomic E-state index is 0.0249. The molecule has 31 heavy (non-hydrogen) atoms. The van der Waals surface area contributed by atoms with Gasteiger partial charge in [0.1, 0.15) is 6.33 Å². The molecule has 2 heterocycles. The van der Waals surface area contributed by atoms with Crippen molar-refractivity contribution in [2.75, 3.05) is 25.5 Å². The summed E-state index contributed by atoms with van der Waals surface area (Å²) >= 11 is 0. The lowest BCUT2D eigenvalue weighted by Crippen LogP contribution is -2.36. The van der Waals surface area contributed by atoms with Crippen LogP contribution in [0.15, 0.2) is 54.9 Å². The van der Waals surface area contributed by atoms with Crippen molar-refractivity contribution in [2.24, 2.45) is 11.8 Å². The number of piperidine rings is 1. The Labute approximate surface area is 183 Å². The Morgan fingerprint density at radius 2 is 1.84 bits per heavy atom. The zero-order valence-corrected chi connectivity index (χ0v) is 18.2. The smallest absolute Gasteiger partial charge is 0.228 e. The highest BCUT2D eigenvalue weighted by Crippen LogP contribution is 2.27. The number of hydrogen-bond donors (Lipinski definition) is 1. The Hall–Kier alpha value is -3.06. The molecule has 1 N–H and O–H groups in total. The molecule has 0 unspecified atom stereocenters. The van der Waals surface area contributed by atoms with E-state index in [0.29, 0.717) is 6.42 Å². The highest BCUT2D eigenvalue weighted by atomic mass is 16.1. The fraction of sp³-hybridized carbons (Fsp3) is 0.417. The summed E-state index contributed by atoms with van der Waals surface area (Å²) in [7, 11) is 2.21. The molecule has 0 aliphatic carbocycles. The molecule has 0 spiro atoms. The van der Waals surface area contributed by atoms with Gasteiger partial charge in [0.25, 0.3) is 0 Å². The van der Waals surface area contributed by atoms with Gasteiger partial charge in [0.15, 0.2) is 0 Å². The maximum absolute atomic E-state index is 12.4. The SMILES string of the molecule is C[C@H]1CN(C)CC[C@H]1CCc1ccc(NC(=O)Cc2ccc(-n3cnnn3)cc2)cc1. The van der Waals surface area contributed by atoms with Gasteiger partial charge in [-0.2, -0.15) is 0 Å². The fourth-order valence-corrected chi connectivity index (χ4v) is 4.38. The van der Waals surface area contributed by atoms with E-state index in [2.05, 4.69) is 51.8 Å². The number of carbonyl (C=O) groups is 1. The fourth-order valence-electron chi connectivity index (χ4n) is 4.38. The lowest BCUT2D eigenvalue weighted by Gasteiger charge is -2.34. The van der Waals surface area contributed by atoms with E-state index < -0.39 is 0 Å². The first-order valence-electron chi connectivity index (χ1n) is 11.0. The Morgan fingerprint density at radius 1 is 1.10 bits per heavy atom. The molecule has 1 aromatic heterocycles. The average molecular weight is 419 g/mol. The zero-order chi connectivity index (χ0) is 21.6. The van der Waals surface area contributed by atoms with Gasteiger partial charge in [-0.15, -0.1) is 5.10 Å². The number of rotatable bonds is 7. The maximum atomic E-state index is 12.4. The molecular weight excluding hydrogens is 388 g/mol. The summed E-state index contributed by atoms with van der Waals surface area (Å²) in [5.74, 6) is 1.55. The van der Waals surface area contributed by atoms with E-state index in [0.717, 1.165) is 35.2 Å². The van der Waals surface area contributed by atoms with Gasteiger partial charge in [-0.25, -0.2) is 4.68 Å². The van der Waals surface area contributed by atoms with Crippen LogP contribution in [0.25, 0.3) is 5.69 Å². The van der Waals surface area contributed by atoms with Crippen molar-refractivity contribution in [3.05, 3.63) is 66.0 Å². The number of nitrogens with zero attached hydrogens (tertiary/aromatic N) is 5. The molecule has 4 rings (SSSR count). The van der Waals surface area contributed by atoms with Gasteiger partial charge in [0.2, 0.25) is 5.91 Å². The van der Waals surface area contributed by atoms with Crippen molar-refractivity contribution in [1.82, 2.24) is 25.1 Å². The number of tetrazole rings is 1. The summed E-state index contributed by atoms with van der Waals surface area (Å²) in [6.45, 7) is 4.79. The van der Waals surface area contributed by atoms with Crippen LogP contribution in [0.5, 0.6) is 0 Å².